The van der Waals surface area contributed by atoms with Crippen LogP contribution in [0, 0.1) is 5.92 Å². The molecule has 2 unspecified atom stereocenters. The van der Waals surface area contributed by atoms with Crippen molar-refractivity contribution in [2.45, 2.75) is 58.1 Å². The second kappa shape index (κ2) is 6.41. The molecule has 0 radical (unpaired) electrons. The Morgan fingerprint density at radius 1 is 1.36 bits per heavy atom. The molecule has 0 aromatic carbocycles. The first-order valence-electron chi connectivity index (χ1n) is 6.00. The van der Waals surface area contributed by atoms with Crippen molar-refractivity contribution in [1.82, 2.24) is 5.32 Å². The van der Waals surface area contributed by atoms with E-state index in [-0.39, 0.29) is 0 Å². The van der Waals surface area contributed by atoms with E-state index in [1.54, 1.807) is 0 Å². The summed E-state index contributed by atoms with van der Waals surface area (Å²) in [5.74, 6) is 0.642. The van der Waals surface area contributed by atoms with Gasteiger partial charge >= 0.3 is 0 Å². The zero-order valence-electron chi connectivity index (χ0n) is 9.88. The highest BCUT2D eigenvalue weighted by molar-refractivity contribution is 4.74. The van der Waals surface area contributed by atoms with Gasteiger partial charge in [0.05, 0.1) is 6.10 Å². The Morgan fingerprint density at radius 3 is 2.64 bits per heavy atom. The lowest BCUT2D eigenvalue weighted by Gasteiger charge is -2.26. The molecular weight excluding hydrogens is 174 g/mol. The molecule has 2 atom stereocenters. The van der Waals surface area contributed by atoms with Crippen molar-refractivity contribution >= 4 is 0 Å². The van der Waals surface area contributed by atoms with E-state index in [4.69, 9.17) is 4.74 Å². The van der Waals surface area contributed by atoms with E-state index in [0.29, 0.717) is 12.0 Å². The maximum Gasteiger partial charge on any atom is 0.0594 e. The number of rotatable bonds is 5. The van der Waals surface area contributed by atoms with E-state index in [1.807, 2.05) is 7.11 Å². The summed E-state index contributed by atoms with van der Waals surface area (Å²) >= 11 is 0. The van der Waals surface area contributed by atoms with Crippen LogP contribution in [0.3, 0.4) is 0 Å². The van der Waals surface area contributed by atoms with Crippen molar-refractivity contribution in [2.75, 3.05) is 13.7 Å². The molecule has 0 bridgehead atoms. The summed E-state index contributed by atoms with van der Waals surface area (Å²) in [6.45, 7) is 5.69. The van der Waals surface area contributed by atoms with Crippen LogP contribution in [0.25, 0.3) is 0 Å². The van der Waals surface area contributed by atoms with E-state index < -0.39 is 0 Å². The van der Waals surface area contributed by atoms with Gasteiger partial charge in [0, 0.05) is 13.2 Å². The van der Waals surface area contributed by atoms with E-state index in [2.05, 4.69) is 19.2 Å². The molecule has 1 N–H and O–H groups in total. The zero-order valence-corrected chi connectivity index (χ0v) is 9.88. The predicted octanol–water partition coefficient (Wildman–Crippen LogP) is 2.58. The molecule has 1 rings (SSSR count). The molecule has 0 aromatic heterocycles. The first-order valence-corrected chi connectivity index (χ1v) is 6.00. The Kier molecular flexibility index (Phi) is 5.49. The van der Waals surface area contributed by atoms with Crippen LogP contribution in [0.15, 0.2) is 0 Å². The minimum absolute atomic E-state index is 0.443. The summed E-state index contributed by atoms with van der Waals surface area (Å²) in [6.07, 6.45) is 7.03. The molecule has 0 aromatic rings. The molecule has 2 nitrogen and oxygen atoms in total. The molecular formula is C12H25NO. The molecule has 0 spiro atoms. The monoisotopic (exact) mass is 199 g/mol. The molecule has 2 heteroatoms. The smallest absolute Gasteiger partial charge is 0.0594 e. The third-order valence-electron chi connectivity index (χ3n) is 3.26. The number of piperidine rings is 1. The van der Waals surface area contributed by atoms with Crippen LogP contribution in [0.4, 0.5) is 0 Å². The molecule has 1 saturated heterocycles. The Labute approximate surface area is 88.4 Å². The lowest BCUT2D eigenvalue weighted by Crippen LogP contribution is -2.35. The summed E-state index contributed by atoms with van der Waals surface area (Å²) in [7, 11) is 1.83. The summed E-state index contributed by atoms with van der Waals surface area (Å²) in [5, 5.41) is 3.58. The van der Waals surface area contributed by atoms with Gasteiger partial charge in [-0.3, -0.25) is 0 Å². The molecule has 84 valence electrons. The van der Waals surface area contributed by atoms with Crippen molar-refractivity contribution < 1.29 is 4.74 Å². The molecule has 0 saturated carbocycles. The van der Waals surface area contributed by atoms with Crippen molar-refractivity contribution in [2.24, 2.45) is 5.92 Å². The second-order valence-corrected chi connectivity index (χ2v) is 4.74. The fourth-order valence-electron chi connectivity index (χ4n) is 2.26. The third-order valence-corrected chi connectivity index (χ3v) is 3.26. The fourth-order valence-corrected chi connectivity index (χ4v) is 2.26. The highest BCUT2D eigenvalue weighted by Crippen LogP contribution is 2.17. The van der Waals surface area contributed by atoms with Gasteiger partial charge in [0.2, 0.25) is 0 Å². The normalized spacial score (nSPS) is 25.3. The lowest BCUT2D eigenvalue weighted by molar-refractivity contribution is 0.0534. The van der Waals surface area contributed by atoms with Gasteiger partial charge in [-0.25, -0.2) is 0 Å². The first kappa shape index (κ1) is 12.0. The van der Waals surface area contributed by atoms with Gasteiger partial charge < -0.3 is 10.1 Å². The van der Waals surface area contributed by atoms with Crippen molar-refractivity contribution in [3.8, 4) is 0 Å². The predicted molar refractivity (Wildman–Crippen MR) is 60.5 cm³/mol. The topological polar surface area (TPSA) is 21.3 Å². The summed E-state index contributed by atoms with van der Waals surface area (Å²) in [4.78, 5) is 0. The average Bonchev–Trinajstić information content (AvgIpc) is 2.20. The Hall–Kier alpha value is -0.0800. The highest BCUT2D eigenvalue weighted by Gasteiger charge is 2.17. The van der Waals surface area contributed by atoms with Crippen LogP contribution < -0.4 is 5.32 Å². The van der Waals surface area contributed by atoms with Gasteiger partial charge in [0.15, 0.2) is 0 Å². The van der Waals surface area contributed by atoms with Crippen LogP contribution in [-0.4, -0.2) is 25.8 Å². The minimum Gasteiger partial charge on any atom is -0.381 e. The van der Waals surface area contributed by atoms with E-state index >= 15 is 0 Å². The van der Waals surface area contributed by atoms with Gasteiger partial charge in [-0.2, -0.15) is 0 Å². The SMILES string of the molecule is COC(CCC1CCCCN1)C(C)C. The van der Waals surface area contributed by atoms with Crippen molar-refractivity contribution in [3.63, 3.8) is 0 Å². The van der Waals surface area contributed by atoms with Gasteiger partial charge in [0.1, 0.15) is 0 Å². The van der Waals surface area contributed by atoms with Crippen molar-refractivity contribution in [3.05, 3.63) is 0 Å². The van der Waals surface area contributed by atoms with Gasteiger partial charge in [0.25, 0.3) is 0 Å². The molecule has 0 aliphatic carbocycles. The lowest BCUT2D eigenvalue weighted by atomic mass is 9.95. The number of hydrogen-bond donors (Lipinski definition) is 1. The minimum atomic E-state index is 0.443. The standard InChI is InChI=1S/C12H25NO/c1-10(2)12(14-3)8-7-11-6-4-5-9-13-11/h10-13H,4-9H2,1-3H3. The Morgan fingerprint density at radius 2 is 2.14 bits per heavy atom. The van der Waals surface area contributed by atoms with E-state index in [0.717, 1.165) is 6.04 Å². The summed E-state index contributed by atoms with van der Waals surface area (Å²) in [5.41, 5.74) is 0. The van der Waals surface area contributed by atoms with Crippen LogP contribution in [0.5, 0.6) is 0 Å². The van der Waals surface area contributed by atoms with E-state index in [9.17, 15) is 0 Å². The maximum absolute atomic E-state index is 5.48. The Bertz CT molecular complexity index is 141. The molecule has 1 aliphatic heterocycles. The molecule has 1 fully saturated rings. The summed E-state index contributed by atoms with van der Waals surface area (Å²) in [6, 6.07) is 0.750. The van der Waals surface area contributed by atoms with E-state index in [1.165, 1.54) is 38.6 Å². The number of methoxy groups -OCH3 is 1. The quantitative estimate of drug-likeness (QED) is 0.735. The fraction of sp³-hybridized carbons (Fsp3) is 1.00. The Balaban J connectivity index is 2.16. The second-order valence-electron chi connectivity index (χ2n) is 4.74. The largest absolute Gasteiger partial charge is 0.381 e. The zero-order chi connectivity index (χ0) is 10.4. The van der Waals surface area contributed by atoms with Crippen LogP contribution >= 0.6 is 0 Å². The number of nitrogens with one attached hydrogen (secondary N) is 1. The first-order chi connectivity index (χ1) is 6.74. The maximum atomic E-state index is 5.48. The van der Waals surface area contributed by atoms with Crippen LogP contribution in [0.2, 0.25) is 0 Å². The third kappa shape index (κ3) is 3.97. The molecule has 0 amide bonds. The molecule has 14 heavy (non-hydrogen) atoms. The summed E-state index contributed by atoms with van der Waals surface area (Å²) < 4.78 is 5.48. The molecule has 1 heterocycles. The number of hydrogen-bond acceptors (Lipinski definition) is 2. The van der Waals surface area contributed by atoms with Gasteiger partial charge in [-0.05, 0) is 38.1 Å². The average molecular weight is 199 g/mol. The van der Waals surface area contributed by atoms with Crippen molar-refractivity contribution in [1.29, 1.82) is 0 Å². The van der Waals surface area contributed by atoms with Crippen LogP contribution in [0.1, 0.15) is 46.0 Å². The van der Waals surface area contributed by atoms with Crippen LogP contribution in [-0.2, 0) is 4.74 Å². The molecule has 1 aliphatic rings. The highest BCUT2D eigenvalue weighted by atomic mass is 16.5. The van der Waals surface area contributed by atoms with Gasteiger partial charge in [-0.1, -0.05) is 20.3 Å². The van der Waals surface area contributed by atoms with Gasteiger partial charge in [-0.15, -0.1) is 0 Å². The number of ether oxygens (including phenoxy) is 1.